The number of hydrogen-bond donors (Lipinski definition) is 2. The lowest BCUT2D eigenvalue weighted by Gasteiger charge is -2.14. The monoisotopic (exact) mass is 377 g/mol. The van der Waals surface area contributed by atoms with Gasteiger partial charge in [0.25, 0.3) is 0 Å². The van der Waals surface area contributed by atoms with Gasteiger partial charge in [-0.2, -0.15) is 0 Å². The van der Waals surface area contributed by atoms with Gasteiger partial charge >= 0.3 is 0 Å². The Hall–Kier alpha value is 0.300. The molecule has 0 saturated carbocycles. The second-order valence-corrected chi connectivity index (χ2v) is 8.19. The van der Waals surface area contributed by atoms with Crippen molar-refractivity contribution >= 4 is 48.9 Å². The van der Waals surface area contributed by atoms with Crippen LogP contribution in [-0.2, 0) is 14.8 Å². The van der Waals surface area contributed by atoms with Crippen molar-refractivity contribution in [2.45, 2.75) is 16.7 Å². The van der Waals surface area contributed by atoms with E-state index >= 15 is 0 Å². The highest BCUT2D eigenvalue weighted by Crippen LogP contribution is 2.34. The van der Waals surface area contributed by atoms with Gasteiger partial charge in [0.2, 0.25) is 10.0 Å². The van der Waals surface area contributed by atoms with Crippen LogP contribution in [0.1, 0.15) is 6.42 Å². The first-order chi connectivity index (χ1) is 8.40. The lowest BCUT2D eigenvalue weighted by atomic mass is 10.2. The minimum atomic E-state index is -3.67. The molecule has 1 heterocycles. The van der Waals surface area contributed by atoms with E-state index in [9.17, 15) is 8.42 Å². The third-order valence-corrected chi connectivity index (χ3v) is 6.57. The number of hydrogen-bond acceptors (Lipinski definition) is 5. The number of thiophene rings is 1. The molecular formula is C9H13BrClNO4S2. The second kappa shape index (κ2) is 7.18. The average molecular weight is 379 g/mol. The molecule has 0 aliphatic carbocycles. The summed E-state index contributed by atoms with van der Waals surface area (Å²) in [5.41, 5.74) is 0. The smallest absolute Gasteiger partial charge is 0.250 e. The summed E-state index contributed by atoms with van der Waals surface area (Å²) in [4.78, 5) is 0. The Bertz CT molecular complexity index is 471. The Kier molecular flexibility index (Phi) is 6.52. The molecule has 1 unspecified atom stereocenters. The van der Waals surface area contributed by atoms with E-state index < -0.39 is 16.1 Å². The predicted octanol–water partition coefficient (Wildman–Crippen LogP) is 1.84. The third-order valence-electron chi connectivity index (χ3n) is 2.10. The van der Waals surface area contributed by atoms with Crippen molar-refractivity contribution in [3.05, 3.63) is 14.9 Å². The summed E-state index contributed by atoms with van der Waals surface area (Å²) in [5.74, 6) is 0. The van der Waals surface area contributed by atoms with Crippen LogP contribution in [0.2, 0.25) is 5.02 Å². The van der Waals surface area contributed by atoms with Crippen LogP contribution < -0.4 is 4.72 Å². The van der Waals surface area contributed by atoms with Crippen molar-refractivity contribution < 1.29 is 18.3 Å². The standard InChI is InChI=1S/C9H13BrClNO4S2/c1-16-3-2-6(5-13)12-18(14,15)8-4-7(11)9(10)17-8/h4,6,12-13H,2-3,5H2,1H3. The van der Waals surface area contributed by atoms with E-state index in [1.807, 2.05) is 0 Å². The third kappa shape index (κ3) is 4.44. The van der Waals surface area contributed by atoms with Gasteiger partial charge < -0.3 is 9.84 Å². The Morgan fingerprint density at radius 3 is 2.78 bits per heavy atom. The molecule has 9 heteroatoms. The lowest BCUT2D eigenvalue weighted by molar-refractivity contribution is 0.166. The van der Waals surface area contributed by atoms with Crippen LogP contribution in [0.15, 0.2) is 14.1 Å². The minimum absolute atomic E-state index is 0.107. The summed E-state index contributed by atoms with van der Waals surface area (Å²) >= 11 is 9.97. The Morgan fingerprint density at radius 2 is 2.33 bits per heavy atom. The van der Waals surface area contributed by atoms with Gasteiger partial charge in [-0.15, -0.1) is 11.3 Å². The molecular weight excluding hydrogens is 366 g/mol. The molecule has 2 N–H and O–H groups in total. The zero-order chi connectivity index (χ0) is 13.8. The number of rotatable bonds is 7. The molecule has 1 rings (SSSR count). The largest absolute Gasteiger partial charge is 0.395 e. The topological polar surface area (TPSA) is 75.6 Å². The van der Waals surface area contributed by atoms with E-state index in [-0.39, 0.29) is 10.8 Å². The maximum absolute atomic E-state index is 12.0. The summed E-state index contributed by atoms with van der Waals surface area (Å²) in [7, 11) is -2.15. The maximum Gasteiger partial charge on any atom is 0.250 e. The molecule has 0 aliphatic rings. The predicted molar refractivity (Wildman–Crippen MR) is 74.7 cm³/mol. The zero-order valence-electron chi connectivity index (χ0n) is 9.52. The van der Waals surface area contributed by atoms with Gasteiger partial charge in [0, 0.05) is 19.8 Å². The number of halogens is 2. The molecule has 0 spiro atoms. The summed E-state index contributed by atoms with van der Waals surface area (Å²) in [6, 6.07) is 0.790. The van der Waals surface area contributed by atoms with Crippen molar-refractivity contribution in [2.24, 2.45) is 0 Å². The fraction of sp³-hybridized carbons (Fsp3) is 0.556. The molecule has 1 atom stereocenters. The van der Waals surface area contributed by atoms with Crippen molar-refractivity contribution in [3.63, 3.8) is 0 Å². The fourth-order valence-electron chi connectivity index (χ4n) is 1.18. The van der Waals surface area contributed by atoms with Gasteiger partial charge in [0.1, 0.15) is 4.21 Å². The first kappa shape index (κ1) is 16.4. The van der Waals surface area contributed by atoms with Crippen LogP contribution >= 0.6 is 38.9 Å². The first-order valence-electron chi connectivity index (χ1n) is 4.97. The molecule has 1 aromatic rings. The summed E-state index contributed by atoms with van der Waals surface area (Å²) < 4.78 is 31.9. The van der Waals surface area contributed by atoms with Crippen LogP contribution in [0, 0.1) is 0 Å². The van der Waals surface area contributed by atoms with Crippen molar-refractivity contribution in [1.29, 1.82) is 0 Å². The quantitative estimate of drug-likeness (QED) is 0.759. The molecule has 0 bridgehead atoms. The molecule has 5 nitrogen and oxygen atoms in total. The molecule has 0 saturated heterocycles. The van der Waals surface area contributed by atoms with Crippen LogP contribution in [-0.4, -0.2) is 39.9 Å². The van der Waals surface area contributed by atoms with Crippen LogP contribution in [0.4, 0.5) is 0 Å². The number of nitrogens with one attached hydrogen (secondary N) is 1. The van der Waals surface area contributed by atoms with Crippen molar-refractivity contribution in [3.8, 4) is 0 Å². The van der Waals surface area contributed by atoms with Crippen LogP contribution in [0.3, 0.4) is 0 Å². The maximum atomic E-state index is 12.0. The van der Waals surface area contributed by atoms with Gasteiger partial charge in [-0.1, -0.05) is 11.6 Å². The SMILES string of the molecule is COCCC(CO)NS(=O)(=O)c1cc(Cl)c(Br)s1. The van der Waals surface area contributed by atoms with E-state index in [1.165, 1.54) is 13.2 Å². The van der Waals surface area contributed by atoms with E-state index in [2.05, 4.69) is 20.7 Å². The van der Waals surface area contributed by atoms with E-state index in [0.717, 1.165) is 11.3 Å². The second-order valence-electron chi connectivity index (χ2n) is 3.47. The number of methoxy groups -OCH3 is 1. The van der Waals surface area contributed by atoms with Gasteiger partial charge in [-0.3, -0.25) is 0 Å². The number of aliphatic hydroxyl groups excluding tert-OH is 1. The summed E-state index contributed by atoms with van der Waals surface area (Å²) in [6.07, 6.45) is 0.395. The Labute approximate surface area is 123 Å². The first-order valence-corrected chi connectivity index (χ1v) is 8.44. The van der Waals surface area contributed by atoms with E-state index in [4.69, 9.17) is 21.4 Å². The molecule has 0 amide bonds. The summed E-state index contributed by atoms with van der Waals surface area (Å²) in [6.45, 7) is 0.0749. The molecule has 1 aromatic heterocycles. The van der Waals surface area contributed by atoms with E-state index in [0.29, 0.717) is 21.8 Å². The Morgan fingerprint density at radius 1 is 1.67 bits per heavy atom. The van der Waals surface area contributed by atoms with Gasteiger partial charge in [0.05, 0.1) is 15.4 Å². The van der Waals surface area contributed by atoms with Gasteiger partial charge in [0.15, 0.2) is 0 Å². The highest BCUT2D eigenvalue weighted by atomic mass is 79.9. The molecule has 18 heavy (non-hydrogen) atoms. The number of aliphatic hydroxyl groups is 1. The molecule has 0 radical (unpaired) electrons. The normalized spacial score (nSPS) is 13.8. The molecule has 0 aromatic carbocycles. The number of ether oxygens (including phenoxy) is 1. The molecule has 0 fully saturated rings. The van der Waals surface area contributed by atoms with E-state index in [1.54, 1.807) is 0 Å². The van der Waals surface area contributed by atoms with Gasteiger partial charge in [-0.05, 0) is 28.4 Å². The Balaban J connectivity index is 2.80. The molecule has 104 valence electrons. The lowest BCUT2D eigenvalue weighted by Crippen LogP contribution is -2.37. The van der Waals surface area contributed by atoms with Crippen molar-refractivity contribution in [2.75, 3.05) is 20.3 Å². The number of sulfonamides is 1. The van der Waals surface area contributed by atoms with Crippen molar-refractivity contribution in [1.82, 2.24) is 4.72 Å². The van der Waals surface area contributed by atoms with Crippen LogP contribution in [0.5, 0.6) is 0 Å². The highest BCUT2D eigenvalue weighted by Gasteiger charge is 2.22. The molecule has 0 aliphatic heterocycles. The van der Waals surface area contributed by atoms with Crippen LogP contribution in [0.25, 0.3) is 0 Å². The highest BCUT2D eigenvalue weighted by molar-refractivity contribution is 9.11. The average Bonchev–Trinajstić information content (AvgIpc) is 2.66. The zero-order valence-corrected chi connectivity index (χ0v) is 13.5. The summed E-state index contributed by atoms with van der Waals surface area (Å²) in [5, 5.41) is 9.45. The fourth-order valence-corrected chi connectivity index (χ4v) is 4.86. The van der Waals surface area contributed by atoms with Gasteiger partial charge in [-0.25, -0.2) is 13.1 Å². The minimum Gasteiger partial charge on any atom is -0.395 e.